The molecule has 4 rings (SSSR count). The summed E-state index contributed by atoms with van der Waals surface area (Å²) in [6, 6.07) is 11.0. The van der Waals surface area contributed by atoms with E-state index in [1.807, 2.05) is 31.2 Å². The number of para-hydroxylation sites is 1. The van der Waals surface area contributed by atoms with E-state index in [0.717, 1.165) is 20.7 Å². The summed E-state index contributed by atoms with van der Waals surface area (Å²) in [4.78, 5) is 17.8. The van der Waals surface area contributed by atoms with Crippen molar-refractivity contribution in [3.05, 3.63) is 47.0 Å². The van der Waals surface area contributed by atoms with Crippen molar-refractivity contribution in [2.24, 2.45) is 5.92 Å². The standard InChI is InChI=1S/C24H22ClF6N3O2S/c1-13-17(33-22-32-16-4-2-3-5-19(16)37-22)10-14(25)11-18(13)36-15-6-8-34(9-7-15)21(35)12-20(23(26,27)28)24(29,30)31/h2-5,10-11,15,20H,6-9,12H2,1H3,(H,32,33). The van der Waals surface area contributed by atoms with Crippen LogP contribution in [0.25, 0.3) is 10.2 Å². The van der Waals surface area contributed by atoms with E-state index >= 15 is 0 Å². The molecule has 1 aliphatic heterocycles. The first kappa shape index (κ1) is 27.3. The smallest absolute Gasteiger partial charge is 0.400 e. The zero-order chi connectivity index (χ0) is 27.0. The summed E-state index contributed by atoms with van der Waals surface area (Å²) in [5.41, 5.74) is 2.28. The van der Waals surface area contributed by atoms with Crippen LogP contribution in [0.5, 0.6) is 5.75 Å². The number of carbonyl (C=O) groups is 1. The second-order valence-electron chi connectivity index (χ2n) is 8.73. The van der Waals surface area contributed by atoms with Crippen LogP contribution < -0.4 is 10.1 Å². The Hall–Kier alpha value is -2.73. The van der Waals surface area contributed by atoms with Crippen molar-refractivity contribution in [3.63, 3.8) is 0 Å². The molecule has 200 valence electrons. The number of nitrogens with zero attached hydrogens (tertiary/aromatic N) is 2. The quantitative estimate of drug-likeness (QED) is 0.314. The molecule has 1 aromatic heterocycles. The minimum atomic E-state index is -5.55. The third-order valence-electron chi connectivity index (χ3n) is 6.12. The normalized spacial score (nSPS) is 15.4. The molecule has 0 spiro atoms. The number of thiazole rings is 1. The number of halogens is 7. The molecular formula is C24H22ClF6N3O2S. The van der Waals surface area contributed by atoms with Crippen molar-refractivity contribution in [3.8, 4) is 5.75 Å². The zero-order valence-corrected chi connectivity index (χ0v) is 21.0. The van der Waals surface area contributed by atoms with Gasteiger partial charge in [-0.3, -0.25) is 4.79 Å². The van der Waals surface area contributed by atoms with E-state index in [9.17, 15) is 31.1 Å². The summed E-state index contributed by atoms with van der Waals surface area (Å²) >= 11 is 7.77. The van der Waals surface area contributed by atoms with Crippen LogP contribution in [0.15, 0.2) is 36.4 Å². The maximum atomic E-state index is 12.8. The van der Waals surface area contributed by atoms with Gasteiger partial charge in [0.2, 0.25) is 5.91 Å². The van der Waals surface area contributed by atoms with Crippen molar-refractivity contribution in [2.45, 2.75) is 44.6 Å². The predicted molar refractivity (Wildman–Crippen MR) is 130 cm³/mol. The van der Waals surface area contributed by atoms with Gasteiger partial charge in [-0.25, -0.2) is 4.98 Å². The maximum absolute atomic E-state index is 12.8. The number of anilines is 2. The molecule has 1 fully saturated rings. The molecule has 0 saturated carbocycles. The largest absolute Gasteiger partial charge is 0.490 e. The number of rotatable bonds is 6. The predicted octanol–water partition coefficient (Wildman–Crippen LogP) is 7.50. The number of benzene rings is 2. The molecule has 37 heavy (non-hydrogen) atoms. The fourth-order valence-corrected chi connectivity index (χ4v) is 5.16. The summed E-state index contributed by atoms with van der Waals surface area (Å²) in [5, 5.41) is 4.32. The highest BCUT2D eigenvalue weighted by molar-refractivity contribution is 7.22. The molecular weight excluding hydrogens is 544 g/mol. The lowest BCUT2D eigenvalue weighted by atomic mass is 10.0. The molecule has 0 radical (unpaired) electrons. The van der Waals surface area contributed by atoms with Gasteiger partial charge >= 0.3 is 12.4 Å². The van der Waals surface area contributed by atoms with Gasteiger partial charge in [0.05, 0.1) is 10.2 Å². The Kier molecular flexibility index (Phi) is 7.80. The van der Waals surface area contributed by atoms with Gasteiger partial charge < -0.3 is 15.0 Å². The summed E-state index contributed by atoms with van der Waals surface area (Å²) in [6.07, 6.45) is -12.6. The third kappa shape index (κ3) is 6.59. The topological polar surface area (TPSA) is 54.5 Å². The molecule has 1 N–H and O–H groups in total. The van der Waals surface area contributed by atoms with Gasteiger partial charge in [0, 0.05) is 48.6 Å². The van der Waals surface area contributed by atoms with Crippen molar-refractivity contribution < 1.29 is 35.9 Å². The number of fused-ring (bicyclic) bond motifs is 1. The molecule has 0 unspecified atom stereocenters. The van der Waals surface area contributed by atoms with Gasteiger partial charge in [-0.2, -0.15) is 26.3 Å². The number of hydrogen-bond donors (Lipinski definition) is 1. The second kappa shape index (κ2) is 10.6. The summed E-state index contributed by atoms with van der Waals surface area (Å²) < 4.78 is 84.0. The van der Waals surface area contributed by atoms with E-state index in [1.165, 1.54) is 11.3 Å². The fraction of sp³-hybridized carbons (Fsp3) is 0.417. The molecule has 0 atom stereocenters. The van der Waals surface area contributed by atoms with Crippen LogP contribution in [0, 0.1) is 12.8 Å². The number of hydrogen-bond acceptors (Lipinski definition) is 5. The van der Waals surface area contributed by atoms with Gasteiger partial charge in [-0.05, 0) is 31.2 Å². The highest BCUT2D eigenvalue weighted by Crippen LogP contribution is 2.42. The van der Waals surface area contributed by atoms with Crippen LogP contribution in [0.1, 0.15) is 24.8 Å². The van der Waals surface area contributed by atoms with E-state index < -0.39 is 36.7 Å². The molecule has 13 heteroatoms. The van der Waals surface area contributed by atoms with Gasteiger partial charge in [-0.15, -0.1) is 0 Å². The maximum Gasteiger partial charge on any atom is 0.400 e. The Bertz CT molecular complexity index is 1220. The first-order chi connectivity index (χ1) is 17.3. The zero-order valence-electron chi connectivity index (χ0n) is 19.4. The van der Waals surface area contributed by atoms with Crippen molar-refractivity contribution >= 4 is 49.9 Å². The SMILES string of the molecule is Cc1c(Nc2nc3ccccc3s2)cc(Cl)cc1OC1CCN(C(=O)CC(C(F)(F)F)C(F)(F)F)CC1. The van der Waals surface area contributed by atoms with E-state index in [2.05, 4.69) is 10.3 Å². The van der Waals surface area contributed by atoms with Gasteiger partial charge in [0.1, 0.15) is 11.9 Å². The molecule has 2 heterocycles. The molecule has 5 nitrogen and oxygen atoms in total. The first-order valence-corrected chi connectivity index (χ1v) is 12.5. The average molecular weight is 566 g/mol. The van der Waals surface area contributed by atoms with Crippen LogP contribution in [-0.2, 0) is 4.79 Å². The Morgan fingerprint density at radius 2 is 1.81 bits per heavy atom. The lowest BCUT2D eigenvalue weighted by Crippen LogP contribution is -2.45. The van der Waals surface area contributed by atoms with E-state index in [1.54, 1.807) is 12.1 Å². The van der Waals surface area contributed by atoms with Gasteiger partial charge in [-0.1, -0.05) is 35.1 Å². The van der Waals surface area contributed by atoms with E-state index in [0.29, 0.717) is 21.6 Å². The minimum absolute atomic E-state index is 0.0115. The van der Waals surface area contributed by atoms with E-state index in [-0.39, 0.29) is 25.9 Å². The fourth-order valence-electron chi connectivity index (χ4n) is 4.07. The van der Waals surface area contributed by atoms with Crippen LogP contribution in [0.2, 0.25) is 5.02 Å². The summed E-state index contributed by atoms with van der Waals surface area (Å²) in [7, 11) is 0. The van der Waals surface area contributed by atoms with Crippen molar-refractivity contribution in [1.82, 2.24) is 9.88 Å². The molecule has 3 aromatic rings. The Labute approximate surface area is 217 Å². The van der Waals surface area contributed by atoms with Crippen LogP contribution in [-0.4, -0.2) is 47.3 Å². The van der Waals surface area contributed by atoms with Gasteiger partial charge in [0.25, 0.3) is 0 Å². The number of aromatic nitrogens is 1. The first-order valence-electron chi connectivity index (χ1n) is 11.3. The third-order valence-corrected chi connectivity index (χ3v) is 7.29. The summed E-state index contributed by atoms with van der Waals surface area (Å²) in [6.45, 7) is 1.80. The minimum Gasteiger partial charge on any atom is -0.490 e. The number of piperidine rings is 1. The number of ether oxygens (including phenoxy) is 1. The van der Waals surface area contributed by atoms with Crippen LogP contribution >= 0.6 is 22.9 Å². The highest BCUT2D eigenvalue weighted by atomic mass is 35.5. The Morgan fingerprint density at radius 1 is 1.16 bits per heavy atom. The van der Waals surface area contributed by atoms with Crippen LogP contribution in [0.3, 0.4) is 0 Å². The van der Waals surface area contributed by atoms with Crippen molar-refractivity contribution in [2.75, 3.05) is 18.4 Å². The number of amides is 1. The average Bonchev–Trinajstić information content (AvgIpc) is 3.21. The molecule has 1 amide bonds. The molecule has 0 aliphatic carbocycles. The molecule has 2 aromatic carbocycles. The number of alkyl halides is 6. The Balaban J connectivity index is 1.39. The number of nitrogens with one attached hydrogen (secondary N) is 1. The molecule has 0 bridgehead atoms. The highest BCUT2D eigenvalue weighted by Gasteiger charge is 2.57. The summed E-state index contributed by atoms with van der Waals surface area (Å²) in [5.74, 6) is -4.38. The molecule has 1 aliphatic rings. The van der Waals surface area contributed by atoms with Gasteiger partial charge in [0.15, 0.2) is 11.0 Å². The Morgan fingerprint density at radius 3 is 2.43 bits per heavy atom. The van der Waals surface area contributed by atoms with E-state index in [4.69, 9.17) is 16.3 Å². The lowest BCUT2D eigenvalue weighted by Gasteiger charge is -2.34. The second-order valence-corrected chi connectivity index (χ2v) is 10.2. The number of likely N-dealkylation sites (tertiary alicyclic amines) is 1. The van der Waals surface area contributed by atoms with Crippen molar-refractivity contribution in [1.29, 1.82) is 0 Å². The number of carbonyl (C=O) groups excluding carboxylic acids is 1. The monoisotopic (exact) mass is 565 g/mol. The van der Waals surface area contributed by atoms with Crippen LogP contribution in [0.4, 0.5) is 37.2 Å². The molecule has 1 saturated heterocycles. The lowest BCUT2D eigenvalue weighted by molar-refractivity contribution is -0.284.